The summed E-state index contributed by atoms with van der Waals surface area (Å²) in [5, 5.41) is 77.6. The van der Waals surface area contributed by atoms with Crippen LogP contribution in [0.2, 0.25) is 0 Å². The lowest BCUT2D eigenvalue weighted by molar-refractivity contribution is -0.160. The van der Waals surface area contributed by atoms with Crippen molar-refractivity contribution in [1.29, 1.82) is 0 Å². The van der Waals surface area contributed by atoms with Crippen LogP contribution in [-0.4, -0.2) is 76.8 Å². The van der Waals surface area contributed by atoms with Crippen molar-refractivity contribution in [1.82, 2.24) is 0 Å². The zero-order chi connectivity index (χ0) is 30.6. The van der Waals surface area contributed by atoms with Gasteiger partial charge in [0.2, 0.25) is 6.10 Å². The number of carbonyl (C=O) groups excluding carboxylic acids is 1. The Balaban J connectivity index is 1.96. The molecule has 0 saturated heterocycles. The minimum Gasteiger partial charge on any atom is -0.504 e. The number of rotatable bonds is 10. The number of benzene rings is 2. The summed E-state index contributed by atoms with van der Waals surface area (Å²) in [6, 6.07) is 6.50. The number of carboxylic acid groups (broad SMARTS) is 4. The van der Waals surface area contributed by atoms with E-state index >= 15 is 0 Å². The van der Waals surface area contributed by atoms with Crippen LogP contribution in [0.1, 0.15) is 17.0 Å². The second-order valence-corrected chi connectivity index (χ2v) is 9.11. The van der Waals surface area contributed by atoms with Crippen LogP contribution in [-0.2, 0) is 35.1 Å². The van der Waals surface area contributed by atoms with E-state index < -0.39 is 89.0 Å². The molecule has 1 aliphatic carbocycles. The maximum absolute atomic E-state index is 12.5. The number of carbonyl (C=O) groups is 5. The fraction of sp³-hybridized carbons (Fsp3) is 0.222. The van der Waals surface area contributed by atoms with Crippen molar-refractivity contribution < 1.29 is 69.6 Å². The van der Waals surface area contributed by atoms with Crippen LogP contribution in [0.3, 0.4) is 0 Å². The summed E-state index contributed by atoms with van der Waals surface area (Å²) in [4.78, 5) is 60.7. The van der Waals surface area contributed by atoms with Gasteiger partial charge in [-0.3, -0.25) is 14.4 Å². The zero-order valence-corrected chi connectivity index (χ0v) is 20.8. The predicted molar refractivity (Wildman–Crippen MR) is 134 cm³/mol. The van der Waals surface area contributed by atoms with Gasteiger partial charge in [0.25, 0.3) is 0 Å². The standard InChI is InChI=1S/C27H24O14/c28-15-4-1-11(7-17(15)30)8-19(25(35)36)41-20(32)6-3-12-9-14(24(33)34)21(13-2-5-16(29)18(31)10-13)23(27(39)40)22(12)26(37)38/h1-7,9-10,14,19,21-23,28-31H,8H2,(H,33,34)(H,35,36)(H,37,38)(H,39,40). The fourth-order valence-corrected chi connectivity index (χ4v) is 4.62. The molecule has 41 heavy (non-hydrogen) atoms. The molecule has 1 aliphatic rings. The second kappa shape index (κ2) is 12.1. The maximum atomic E-state index is 12.5. The lowest BCUT2D eigenvalue weighted by Crippen LogP contribution is -2.43. The Labute approximate surface area is 230 Å². The Hall–Kier alpha value is -5.53. The Morgan fingerprint density at radius 3 is 1.90 bits per heavy atom. The van der Waals surface area contributed by atoms with Crippen LogP contribution in [0.5, 0.6) is 23.0 Å². The largest absolute Gasteiger partial charge is 0.504 e. The highest BCUT2D eigenvalue weighted by Gasteiger charge is 2.50. The molecule has 0 amide bonds. The average molecular weight is 572 g/mol. The van der Waals surface area contributed by atoms with Crippen molar-refractivity contribution in [3.8, 4) is 23.0 Å². The molecule has 2 aromatic carbocycles. The molecule has 5 atom stereocenters. The summed E-state index contributed by atoms with van der Waals surface area (Å²) in [5.74, 6) is -17.0. The van der Waals surface area contributed by atoms with E-state index in [0.29, 0.717) is 6.08 Å². The smallest absolute Gasteiger partial charge is 0.345 e. The van der Waals surface area contributed by atoms with Gasteiger partial charge in [-0.2, -0.15) is 0 Å². The van der Waals surface area contributed by atoms with E-state index in [9.17, 15) is 64.8 Å². The number of aromatic hydroxyl groups is 4. The lowest BCUT2D eigenvalue weighted by Gasteiger charge is -2.36. The SMILES string of the molecule is O=C(C=CC1=CC(C(=O)O)C(c2ccc(O)c(O)c2)C(C(=O)O)C1C(=O)O)OC(Cc1ccc(O)c(O)c1)C(=O)O. The first kappa shape index (κ1) is 30.0. The van der Waals surface area contributed by atoms with Gasteiger partial charge in [0, 0.05) is 18.4 Å². The van der Waals surface area contributed by atoms with E-state index in [0.717, 1.165) is 42.5 Å². The molecule has 0 aromatic heterocycles. The van der Waals surface area contributed by atoms with Gasteiger partial charge < -0.3 is 45.6 Å². The third kappa shape index (κ3) is 6.73. The molecule has 0 heterocycles. The molecule has 216 valence electrons. The van der Waals surface area contributed by atoms with Crippen molar-refractivity contribution in [3.05, 3.63) is 71.3 Å². The van der Waals surface area contributed by atoms with Crippen LogP contribution in [0.25, 0.3) is 0 Å². The van der Waals surface area contributed by atoms with E-state index in [1.54, 1.807) is 0 Å². The predicted octanol–water partition coefficient (Wildman–Crippen LogP) is 1.43. The second-order valence-electron chi connectivity index (χ2n) is 9.11. The lowest BCUT2D eigenvalue weighted by atomic mass is 9.64. The summed E-state index contributed by atoms with van der Waals surface area (Å²) in [6.07, 6.45) is 0.176. The molecule has 0 fully saturated rings. The first-order chi connectivity index (χ1) is 19.2. The Kier molecular flexibility index (Phi) is 8.87. The fourth-order valence-electron chi connectivity index (χ4n) is 4.62. The molecule has 14 heteroatoms. The van der Waals surface area contributed by atoms with Crippen molar-refractivity contribution in [2.24, 2.45) is 17.8 Å². The van der Waals surface area contributed by atoms with E-state index in [1.807, 2.05) is 0 Å². The molecule has 0 aliphatic heterocycles. The van der Waals surface area contributed by atoms with Crippen molar-refractivity contribution in [3.63, 3.8) is 0 Å². The first-order valence-corrected chi connectivity index (χ1v) is 11.8. The van der Waals surface area contributed by atoms with Crippen LogP contribution >= 0.6 is 0 Å². The van der Waals surface area contributed by atoms with Crippen LogP contribution < -0.4 is 0 Å². The third-order valence-electron chi connectivity index (χ3n) is 6.49. The zero-order valence-electron chi connectivity index (χ0n) is 20.8. The molecular weight excluding hydrogens is 548 g/mol. The van der Waals surface area contributed by atoms with Gasteiger partial charge in [0.15, 0.2) is 23.0 Å². The number of hydrogen-bond donors (Lipinski definition) is 8. The minimum absolute atomic E-state index is 0.0744. The maximum Gasteiger partial charge on any atom is 0.345 e. The highest BCUT2D eigenvalue weighted by Crippen LogP contribution is 2.46. The van der Waals surface area contributed by atoms with Crippen LogP contribution in [0.15, 0.2) is 60.2 Å². The highest BCUT2D eigenvalue weighted by molar-refractivity contribution is 5.89. The van der Waals surface area contributed by atoms with E-state index in [4.69, 9.17) is 4.74 Å². The molecule has 2 aromatic rings. The summed E-state index contributed by atoms with van der Waals surface area (Å²) < 4.78 is 4.91. The van der Waals surface area contributed by atoms with Gasteiger partial charge in [-0.15, -0.1) is 0 Å². The van der Waals surface area contributed by atoms with E-state index in [1.165, 1.54) is 6.07 Å². The van der Waals surface area contributed by atoms with E-state index in [-0.39, 0.29) is 16.7 Å². The van der Waals surface area contributed by atoms with Crippen LogP contribution in [0, 0.1) is 17.8 Å². The topological polar surface area (TPSA) is 256 Å². The number of hydrogen-bond acceptors (Lipinski definition) is 10. The number of esters is 1. The number of ether oxygens (including phenoxy) is 1. The molecule has 14 nitrogen and oxygen atoms in total. The van der Waals surface area contributed by atoms with Crippen LogP contribution in [0.4, 0.5) is 0 Å². The van der Waals surface area contributed by atoms with Gasteiger partial charge in [-0.1, -0.05) is 24.3 Å². The summed E-state index contributed by atoms with van der Waals surface area (Å²) in [7, 11) is 0. The van der Waals surface area contributed by atoms with Gasteiger partial charge in [-0.05, 0) is 41.0 Å². The first-order valence-electron chi connectivity index (χ1n) is 11.8. The summed E-state index contributed by atoms with van der Waals surface area (Å²) in [6.45, 7) is 0. The van der Waals surface area contributed by atoms with Crippen molar-refractivity contribution in [2.75, 3.05) is 0 Å². The molecule has 0 saturated carbocycles. The number of allylic oxidation sites excluding steroid dienone is 1. The summed E-state index contributed by atoms with van der Waals surface area (Å²) in [5.41, 5.74) is -0.274. The normalized spacial score (nSPS) is 21.0. The molecular formula is C27H24O14. The molecule has 0 radical (unpaired) electrons. The molecule has 0 spiro atoms. The molecule has 3 rings (SSSR count). The Morgan fingerprint density at radius 1 is 0.780 bits per heavy atom. The van der Waals surface area contributed by atoms with Gasteiger partial charge in [-0.25, -0.2) is 9.59 Å². The summed E-state index contributed by atoms with van der Waals surface area (Å²) >= 11 is 0. The minimum atomic E-state index is -1.91. The molecule has 5 unspecified atom stereocenters. The number of aliphatic carboxylic acids is 4. The Morgan fingerprint density at radius 2 is 1.39 bits per heavy atom. The van der Waals surface area contributed by atoms with Gasteiger partial charge in [0.05, 0.1) is 17.8 Å². The third-order valence-corrected chi connectivity index (χ3v) is 6.49. The van der Waals surface area contributed by atoms with E-state index in [2.05, 4.69) is 0 Å². The van der Waals surface area contributed by atoms with Gasteiger partial charge in [0.1, 0.15) is 0 Å². The van der Waals surface area contributed by atoms with Gasteiger partial charge >= 0.3 is 29.8 Å². The molecule has 0 bridgehead atoms. The molecule has 8 N–H and O–H groups in total. The monoisotopic (exact) mass is 572 g/mol. The Bertz CT molecular complexity index is 1460. The van der Waals surface area contributed by atoms with Crippen molar-refractivity contribution >= 4 is 29.8 Å². The number of carboxylic acids is 4. The quantitative estimate of drug-likeness (QED) is 0.114. The number of phenols is 4. The number of phenolic OH excluding ortho intramolecular Hbond substituents is 4. The average Bonchev–Trinajstić information content (AvgIpc) is 2.89. The van der Waals surface area contributed by atoms with Crippen molar-refractivity contribution in [2.45, 2.75) is 18.4 Å². The highest BCUT2D eigenvalue weighted by atomic mass is 16.6.